The number of likely N-dealkylation sites (N-methyl/N-ethyl adjacent to an activating group) is 1. The first-order valence-electron chi connectivity index (χ1n) is 26.6. The number of allylic oxidation sites excluding steroid dienone is 14. The van der Waals surface area contributed by atoms with E-state index in [2.05, 4.69) is 98.9 Å². The SMILES string of the molecule is CC/C=C/C/C=C/C/C=C/C/C=C/CCCCCCCCCC(=O)OCC(COCCC(C(=O)[O-])[N+](C)(C)C)OC(=O)CCCCCCCCCCC/C=C/C/C=C/C/C=C/CCCCC. The highest BCUT2D eigenvalue weighted by Gasteiger charge is 2.25. The van der Waals surface area contributed by atoms with Crippen molar-refractivity contribution in [1.29, 1.82) is 0 Å². The van der Waals surface area contributed by atoms with Crippen molar-refractivity contribution in [3.05, 3.63) is 85.1 Å². The van der Waals surface area contributed by atoms with Crippen LogP contribution in [0, 0.1) is 0 Å². The van der Waals surface area contributed by atoms with Crippen LogP contribution < -0.4 is 5.11 Å². The van der Waals surface area contributed by atoms with Gasteiger partial charge in [0.2, 0.25) is 0 Å². The number of aliphatic carboxylic acids is 1. The second-order valence-electron chi connectivity index (χ2n) is 18.7. The Morgan fingerprint density at radius 3 is 1.26 bits per heavy atom. The van der Waals surface area contributed by atoms with Crippen molar-refractivity contribution in [1.82, 2.24) is 0 Å². The van der Waals surface area contributed by atoms with Crippen molar-refractivity contribution in [2.24, 2.45) is 0 Å². The Kier molecular flexibility index (Phi) is 45.4. The maximum absolute atomic E-state index is 12.8. The molecular weight excluding hydrogens is 823 g/mol. The lowest BCUT2D eigenvalue weighted by atomic mass is 10.1. The molecule has 8 heteroatoms. The quantitative estimate of drug-likeness (QED) is 0.0259. The summed E-state index contributed by atoms with van der Waals surface area (Å²) < 4.78 is 17.3. The molecule has 0 saturated carbocycles. The number of unbranched alkanes of at least 4 members (excludes halogenated alkanes) is 19. The molecule has 0 amide bonds. The predicted octanol–water partition coefficient (Wildman–Crippen LogP) is 14.3. The molecule has 0 rings (SSSR count). The Labute approximate surface area is 405 Å². The fourth-order valence-corrected chi connectivity index (χ4v) is 7.42. The van der Waals surface area contributed by atoms with Gasteiger partial charge in [-0.1, -0.05) is 189 Å². The molecule has 8 nitrogen and oxygen atoms in total. The van der Waals surface area contributed by atoms with Crippen molar-refractivity contribution in [3.8, 4) is 0 Å². The smallest absolute Gasteiger partial charge is 0.306 e. The first-order valence-corrected chi connectivity index (χ1v) is 26.6. The van der Waals surface area contributed by atoms with Crippen LogP contribution in [0.25, 0.3) is 0 Å². The Morgan fingerprint density at radius 1 is 0.470 bits per heavy atom. The molecule has 66 heavy (non-hydrogen) atoms. The van der Waals surface area contributed by atoms with Crippen molar-refractivity contribution < 1.29 is 38.2 Å². The minimum absolute atomic E-state index is 0.0310. The zero-order valence-corrected chi connectivity index (χ0v) is 43.1. The molecule has 0 saturated heterocycles. The number of ether oxygens (including phenoxy) is 3. The average Bonchev–Trinajstić information content (AvgIpc) is 3.28. The van der Waals surface area contributed by atoms with Gasteiger partial charge in [-0.2, -0.15) is 0 Å². The lowest BCUT2D eigenvalue weighted by Crippen LogP contribution is -2.55. The summed E-state index contributed by atoms with van der Waals surface area (Å²) in [6.07, 6.45) is 63.2. The van der Waals surface area contributed by atoms with Gasteiger partial charge in [0.1, 0.15) is 12.6 Å². The average molecular weight is 922 g/mol. The molecular formula is C58H99NO7. The first-order chi connectivity index (χ1) is 32.1. The minimum atomic E-state index is -1.13. The molecule has 0 aromatic carbocycles. The van der Waals surface area contributed by atoms with Gasteiger partial charge in [-0.3, -0.25) is 9.59 Å². The van der Waals surface area contributed by atoms with Crippen LogP contribution >= 0.6 is 0 Å². The van der Waals surface area contributed by atoms with E-state index in [1.165, 1.54) is 89.9 Å². The van der Waals surface area contributed by atoms with Crippen LogP contribution in [0.15, 0.2) is 85.1 Å². The highest BCUT2D eigenvalue weighted by molar-refractivity contribution is 5.70. The molecule has 0 aromatic rings. The van der Waals surface area contributed by atoms with Crippen LogP contribution in [0.5, 0.6) is 0 Å². The van der Waals surface area contributed by atoms with Crippen LogP contribution in [-0.2, 0) is 28.6 Å². The number of quaternary nitrogens is 1. The molecule has 0 aliphatic carbocycles. The summed E-state index contributed by atoms with van der Waals surface area (Å²) in [7, 11) is 5.41. The number of esters is 2. The van der Waals surface area contributed by atoms with Gasteiger partial charge in [0.25, 0.3) is 0 Å². The molecule has 378 valence electrons. The van der Waals surface area contributed by atoms with Gasteiger partial charge in [0.15, 0.2) is 6.10 Å². The third kappa shape index (κ3) is 45.7. The molecule has 0 aliphatic rings. The van der Waals surface area contributed by atoms with E-state index in [9.17, 15) is 19.5 Å². The summed E-state index contributed by atoms with van der Waals surface area (Å²) in [5, 5.41) is 11.7. The second kappa shape index (κ2) is 48.0. The van der Waals surface area contributed by atoms with E-state index in [1.54, 1.807) is 21.1 Å². The molecule has 2 atom stereocenters. The van der Waals surface area contributed by atoms with Gasteiger partial charge < -0.3 is 28.6 Å². The van der Waals surface area contributed by atoms with Crippen LogP contribution in [0.4, 0.5) is 0 Å². The summed E-state index contributed by atoms with van der Waals surface area (Å²) >= 11 is 0. The first kappa shape index (κ1) is 62.5. The van der Waals surface area contributed by atoms with E-state index in [0.29, 0.717) is 12.8 Å². The molecule has 0 bridgehead atoms. The van der Waals surface area contributed by atoms with Gasteiger partial charge in [-0.15, -0.1) is 0 Å². The third-order valence-electron chi connectivity index (χ3n) is 11.5. The van der Waals surface area contributed by atoms with E-state index < -0.39 is 18.1 Å². The van der Waals surface area contributed by atoms with Gasteiger partial charge in [-0.05, 0) is 89.9 Å². The number of nitrogens with zero attached hydrogens (tertiary/aromatic N) is 1. The van der Waals surface area contributed by atoms with E-state index in [0.717, 1.165) is 89.9 Å². The van der Waals surface area contributed by atoms with Crippen LogP contribution in [0.2, 0.25) is 0 Å². The lowest BCUT2D eigenvalue weighted by molar-refractivity contribution is -0.889. The lowest BCUT2D eigenvalue weighted by Gasteiger charge is -2.34. The Morgan fingerprint density at radius 2 is 0.848 bits per heavy atom. The molecule has 0 radical (unpaired) electrons. The number of carbonyl (C=O) groups excluding carboxylic acids is 3. The van der Waals surface area contributed by atoms with Gasteiger partial charge in [0.05, 0.1) is 40.3 Å². The van der Waals surface area contributed by atoms with Crippen molar-refractivity contribution in [2.75, 3.05) is 41.0 Å². The van der Waals surface area contributed by atoms with Gasteiger partial charge in [0, 0.05) is 19.3 Å². The topological polar surface area (TPSA) is 102 Å². The number of hydrogen-bond acceptors (Lipinski definition) is 7. The van der Waals surface area contributed by atoms with Crippen LogP contribution in [0.3, 0.4) is 0 Å². The van der Waals surface area contributed by atoms with Gasteiger partial charge >= 0.3 is 11.9 Å². The van der Waals surface area contributed by atoms with Crippen molar-refractivity contribution in [3.63, 3.8) is 0 Å². The van der Waals surface area contributed by atoms with E-state index in [-0.39, 0.29) is 42.7 Å². The summed E-state index contributed by atoms with van der Waals surface area (Å²) in [5.74, 6) is -1.76. The molecule has 0 spiro atoms. The van der Waals surface area contributed by atoms with E-state index >= 15 is 0 Å². The largest absolute Gasteiger partial charge is 0.544 e. The third-order valence-corrected chi connectivity index (χ3v) is 11.5. The summed E-state index contributed by atoms with van der Waals surface area (Å²) in [4.78, 5) is 37.1. The normalized spacial score (nSPS) is 13.5. The Balaban J connectivity index is 4.27. The molecule has 0 N–H and O–H groups in total. The summed E-state index contributed by atoms with van der Waals surface area (Å²) in [5.41, 5.74) is 0. The molecule has 0 fully saturated rings. The molecule has 0 heterocycles. The standard InChI is InChI=1S/C58H99NO7/c1-6-8-10-12-14-16-18-20-22-24-26-28-29-31-33-35-37-39-41-43-45-47-49-57(61)66-54(52-64-51-50-55(58(62)63)59(3,4)5)53-65-56(60)48-46-44-42-40-38-36-34-32-30-27-25-23-21-19-17-15-13-11-9-7-2/h9,11,14-17,20-23,26-28,30,54-55H,6-8,10,12-13,18-19,24-25,29,31-53H2,1-5H3/b11-9+,16-14+,17-15+,22-20+,23-21+,28-26+,30-27+. The maximum atomic E-state index is 12.8. The molecule has 2 unspecified atom stereocenters. The number of rotatable bonds is 47. The van der Waals surface area contributed by atoms with Gasteiger partial charge in [-0.25, -0.2) is 0 Å². The van der Waals surface area contributed by atoms with Crippen LogP contribution in [-0.4, -0.2) is 75.5 Å². The van der Waals surface area contributed by atoms with Crippen molar-refractivity contribution >= 4 is 17.9 Å². The fourth-order valence-electron chi connectivity index (χ4n) is 7.42. The second-order valence-corrected chi connectivity index (χ2v) is 18.7. The summed E-state index contributed by atoms with van der Waals surface area (Å²) in [6, 6.07) is -0.734. The molecule has 0 aliphatic heterocycles. The zero-order chi connectivity index (χ0) is 48.4. The zero-order valence-electron chi connectivity index (χ0n) is 43.1. The Bertz CT molecular complexity index is 1350. The number of carbonyl (C=O) groups is 3. The highest BCUT2D eigenvalue weighted by Crippen LogP contribution is 2.15. The number of hydrogen-bond donors (Lipinski definition) is 0. The van der Waals surface area contributed by atoms with E-state index in [4.69, 9.17) is 14.2 Å². The maximum Gasteiger partial charge on any atom is 0.306 e. The van der Waals surface area contributed by atoms with E-state index in [1.807, 2.05) is 0 Å². The van der Waals surface area contributed by atoms with Crippen molar-refractivity contribution in [2.45, 2.75) is 225 Å². The molecule has 0 aromatic heterocycles. The fraction of sp³-hybridized carbons (Fsp3) is 0.707. The summed E-state index contributed by atoms with van der Waals surface area (Å²) in [6.45, 7) is 4.51. The number of carboxylic acid groups (broad SMARTS) is 1. The monoisotopic (exact) mass is 922 g/mol. The van der Waals surface area contributed by atoms with Crippen LogP contribution in [0.1, 0.15) is 213 Å². The Hall–Kier alpha value is -3.49. The minimum Gasteiger partial charge on any atom is -0.544 e. The predicted molar refractivity (Wildman–Crippen MR) is 277 cm³/mol. The highest BCUT2D eigenvalue weighted by atomic mass is 16.6. The number of carboxylic acids is 1.